The molecule has 0 saturated carbocycles. The van der Waals surface area contributed by atoms with Crippen LogP contribution < -0.4 is 43.0 Å². The van der Waals surface area contributed by atoms with E-state index >= 15 is 0 Å². The van der Waals surface area contributed by atoms with Crippen LogP contribution in [-0.2, 0) is 38.1 Å². The third kappa shape index (κ3) is 55.0. The first-order valence-corrected chi connectivity index (χ1v) is 48.4. The highest BCUT2D eigenvalue weighted by Gasteiger charge is 2.23. The zero-order chi connectivity index (χ0) is 83.0. The van der Waals surface area contributed by atoms with E-state index in [-0.39, 0.29) is 30.0 Å². The molecule has 0 saturated heterocycles. The van der Waals surface area contributed by atoms with Crippen molar-refractivity contribution in [3.8, 4) is 0 Å². The summed E-state index contributed by atoms with van der Waals surface area (Å²) in [5.41, 5.74) is -0.186. The Balaban J connectivity index is 1.78. The highest BCUT2D eigenvalue weighted by molar-refractivity contribution is 5.75. The van der Waals surface area contributed by atoms with E-state index in [0.29, 0.717) is 106 Å². The van der Waals surface area contributed by atoms with Gasteiger partial charge in [0.05, 0.1) is 19.8 Å². The molecule has 0 bridgehead atoms. The van der Waals surface area contributed by atoms with Crippen molar-refractivity contribution < 1.29 is 38.1 Å². The van der Waals surface area contributed by atoms with Gasteiger partial charge in [-0.25, -0.2) is 0 Å². The lowest BCUT2D eigenvalue weighted by Gasteiger charge is -2.23. The number of nitrogens with zero attached hydrogens (tertiary/aromatic N) is 2. The van der Waals surface area contributed by atoms with Crippen molar-refractivity contribution in [2.24, 2.45) is 17.8 Å². The van der Waals surface area contributed by atoms with E-state index in [2.05, 4.69) is 79.5 Å². The molecule has 0 heterocycles. The highest BCUT2D eigenvalue weighted by Crippen LogP contribution is 2.26. The van der Waals surface area contributed by atoms with Crippen LogP contribution in [0.4, 0.5) is 22.7 Å². The number of nitrogens with one attached hydrogen (secondary N) is 4. The number of carbonyl (C=O) groups is 4. The molecule has 114 heavy (non-hydrogen) atoms. The van der Waals surface area contributed by atoms with Gasteiger partial charge in [-0.15, -0.1) is 0 Å². The van der Waals surface area contributed by atoms with Crippen molar-refractivity contribution >= 4 is 46.6 Å². The maximum Gasteiger partial charge on any atom is 0.306 e. The summed E-state index contributed by atoms with van der Waals surface area (Å²) in [6, 6.07) is 0. The van der Waals surface area contributed by atoms with Gasteiger partial charge in [0.15, 0.2) is 0 Å². The SMILES string of the molecule is CCCCCCC(CCCCCC)OC(=O)CCCCCCCN(CCCCCCCC(=O)OCCC(CCCCC)CCCCC)CCCNc1c(NCCCCCC(CCCC)CCOC(=O)CCCCCCCN(CCCCCCCC(=O)OCCC(CCCC)CCCC)CCCNc2c(NC)c(=O)c2=O)c(=O)c1=O. The summed E-state index contributed by atoms with van der Waals surface area (Å²) in [5.74, 6) is 1.57. The van der Waals surface area contributed by atoms with Gasteiger partial charge in [0, 0.05) is 52.4 Å². The quantitative estimate of drug-likeness (QED) is 0.0209. The fourth-order valence-electron chi connectivity index (χ4n) is 16.2. The van der Waals surface area contributed by atoms with Gasteiger partial charge >= 0.3 is 23.9 Å². The molecule has 662 valence electrons. The number of esters is 4. The first-order chi connectivity index (χ1) is 55.7. The van der Waals surface area contributed by atoms with Crippen LogP contribution >= 0.6 is 0 Å². The predicted octanol–water partition coefficient (Wildman–Crippen LogP) is 23.4. The van der Waals surface area contributed by atoms with Gasteiger partial charge in [-0.2, -0.15) is 0 Å². The highest BCUT2D eigenvalue weighted by atomic mass is 16.5. The first-order valence-electron chi connectivity index (χ1n) is 48.4. The predicted molar refractivity (Wildman–Crippen MR) is 481 cm³/mol. The monoisotopic (exact) mass is 1610 g/mol. The van der Waals surface area contributed by atoms with Gasteiger partial charge in [0.2, 0.25) is 0 Å². The molecule has 0 amide bonds. The second kappa shape index (κ2) is 74.5. The Morgan fingerprint density at radius 2 is 0.509 bits per heavy atom. The first kappa shape index (κ1) is 105. The smallest absolute Gasteiger partial charge is 0.306 e. The summed E-state index contributed by atoms with van der Waals surface area (Å²) in [6.45, 7) is 24.9. The van der Waals surface area contributed by atoms with Gasteiger partial charge in [-0.3, -0.25) is 38.4 Å². The van der Waals surface area contributed by atoms with Crippen LogP contribution in [-0.4, -0.2) is 126 Å². The summed E-state index contributed by atoms with van der Waals surface area (Å²) >= 11 is 0. The minimum absolute atomic E-state index is 0.0267. The van der Waals surface area contributed by atoms with Crippen molar-refractivity contribution in [2.45, 2.75) is 440 Å². The molecule has 18 nitrogen and oxygen atoms in total. The Labute approximate surface area is 696 Å². The molecule has 0 radical (unpaired) electrons. The molecule has 2 aromatic rings. The van der Waals surface area contributed by atoms with Crippen molar-refractivity contribution in [3.05, 3.63) is 40.9 Å². The van der Waals surface area contributed by atoms with Crippen molar-refractivity contribution in [3.63, 3.8) is 0 Å². The van der Waals surface area contributed by atoms with Crippen LogP contribution in [0.15, 0.2) is 19.2 Å². The van der Waals surface area contributed by atoms with Gasteiger partial charge in [0.1, 0.15) is 28.9 Å². The van der Waals surface area contributed by atoms with Crippen LogP contribution in [0.1, 0.15) is 434 Å². The maximum atomic E-state index is 13.0. The van der Waals surface area contributed by atoms with Gasteiger partial charge < -0.3 is 50.0 Å². The molecule has 0 aliphatic heterocycles. The normalized spacial score (nSPS) is 12.0. The van der Waals surface area contributed by atoms with E-state index in [4.69, 9.17) is 18.9 Å². The number of anilines is 4. The Bertz CT molecular complexity index is 2730. The topological polar surface area (TPSA) is 228 Å². The number of hydrogen-bond donors (Lipinski definition) is 4. The molecule has 1 unspecified atom stereocenters. The Morgan fingerprint density at radius 1 is 0.263 bits per heavy atom. The third-order valence-corrected chi connectivity index (χ3v) is 23.7. The molecular weight excluding hydrogens is 1430 g/mol. The molecule has 0 aliphatic rings. The number of hydrogen-bond acceptors (Lipinski definition) is 18. The molecule has 0 fully saturated rings. The number of carbonyl (C=O) groups excluding carboxylic acids is 4. The second-order valence-corrected chi connectivity index (χ2v) is 34.0. The summed E-state index contributed by atoms with van der Waals surface area (Å²) < 4.78 is 23.2. The van der Waals surface area contributed by atoms with E-state index < -0.39 is 21.7 Å². The fraction of sp³-hybridized carbons (Fsp3) is 0.875. The van der Waals surface area contributed by atoms with Crippen molar-refractivity contribution in [2.75, 3.05) is 107 Å². The Morgan fingerprint density at radius 3 is 0.851 bits per heavy atom. The number of ether oxygens (including phenoxy) is 4. The van der Waals surface area contributed by atoms with Crippen LogP contribution in [0.2, 0.25) is 0 Å². The molecule has 4 N–H and O–H groups in total. The summed E-state index contributed by atoms with van der Waals surface area (Å²) in [5, 5.41) is 12.7. The number of unbranched alkanes of at least 4 members (excludes halogenated alkanes) is 31. The standard InChI is InChI=1S/C96H176N6O12/c1-9-16-23-41-60-84(61-42-24-17-10-2)114-88(106)65-46-32-28-36-51-75-102(74-50-35-27-31-45-64-87(105)113-80-68-83(57-38-18-11-3)58-39-19-12-4)77-53-71-100-92-91(95(109)96(92)110)98-69-47-37-40-59-82(56-22-15-7)67-79-112-86(104)63-44-30-26-34-49-73-101(76-52-70-99-90-89(97-8)93(107)94(90)108)72-48-33-25-29-43-62-85(103)111-78-66-81(54-20-13-5)55-21-14-6/h81-84,97-100H,9-80H2,1-8H3. The minimum atomic E-state index is -0.460. The van der Waals surface area contributed by atoms with Crippen LogP contribution in [0.25, 0.3) is 0 Å². The lowest BCUT2D eigenvalue weighted by Crippen LogP contribution is -2.38. The average molecular weight is 1610 g/mol. The number of rotatable bonds is 87. The zero-order valence-corrected chi connectivity index (χ0v) is 75.0. The van der Waals surface area contributed by atoms with E-state index in [9.17, 15) is 38.4 Å². The lowest BCUT2D eigenvalue weighted by molar-refractivity contribution is -0.150. The van der Waals surface area contributed by atoms with Crippen LogP contribution in [0.3, 0.4) is 0 Å². The van der Waals surface area contributed by atoms with Gasteiger partial charge in [0.25, 0.3) is 21.7 Å². The van der Waals surface area contributed by atoms with Crippen molar-refractivity contribution in [1.82, 2.24) is 9.80 Å². The molecule has 2 aromatic carbocycles. The summed E-state index contributed by atoms with van der Waals surface area (Å²) in [7, 11) is 1.66. The molecular formula is C96H176N6O12. The Hall–Kier alpha value is -4.84. The molecule has 1 atom stereocenters. The Kier molecular flexibility index (Phi) is 68.7. The fourth-order valence-corrected chi connectivity index (χ4v) is 16.2. The minimum Gasteiger partial charge on any atom is -0.466 e. The molecule has 18 heteroatoms. The van der Waals surface area contributed by atoms with Gasteiger partial charge in [-0.05, 0) is 173 Å². The van der Waals surface area contributed by atoms with Crippen LogP contribution in [0.5, 0.6) is 0 Å². The summed E-state index contributed by atoms with van der Waals surface area (Å²) in [6.07, 6.45) is 63.6. The average Bonchev–Trinajstić information content (AvgIpc) is 0.793. The zero-order valence-electron chi connectivity index (χ0n) is 75.0. The van der Waals surface area contributed by atoms with Gasteiger partial charge in [-0.1, -0.05) is 292 Å². The van der Waals surface area contributed by atoms with E-state index in [1.807, 2.05) is 0 Å². The molecule has 0 aromatic heterocycles. The molecule has 0 aliphatic carbocycles. The molecule has 2 rings (SSSR count). The largest absolute Gasteiger partial charge is 0.466 e. The molecule has 0 spiro atoms. The second-order valence-electron chi connectivity index (χ2n) is 34.0. The van der Waals surface area contributed by atoms with E-state index in [1.54, 1.807) is 7.05 Å². The summed E-state index contributed by atoms with van der Waals surface area (Å²) in [4.78, 5) is 106. The van der Waals surface area contributed by atoms with Crippen LogP contribution in [0, 0.1) is 17.8 Å². The maximum absolute atomic E-state index is 13.0. The van der Waals surface area contributed by atoms with E-state index in [0.717, 1.165) is 270 Å². The third-order valence-electron chi connectivity index (χ3n) is 23.7. The van der Waals surface area contributed by atoms with Crippen molar-refractivity contribution in [1.29, 1.82) is 0 Å². The lowest BCUT2D eigenvalue weighted by atomic mass is 9.92. The van der Waals surface area contributed by atoms with E-state index in [1.165, 1.54) is 128 Å².